The van der Waals surface area contributed by atoms with Crippen LogP contribution in [-0.2, 0) is 6.42 Å². The molecule has 2 N–H and O–H groups in total. The molecule has 2 atom stereocenters. The maximum atomic E-state index is 5.79. The molecule has 94 valence electrons. The van der Waals surface area contributed by atoms with Crippen molar-refractivity contribution in [1.29, 1.82) is 0 Å². The standard InChI is InChI=1S/C15H24N2/c1-13(10-14-6-3-2-4-7-14)17-9-5-8-15(11-16)12-17/h2-4,6-7,13,15H,5,8-12,16H2,1H3/t13-,15+/m0/s1. The van der Waals surface area contributed by atoms with Gasteiger partial charge >= 0.3 is 0 Å². The van der Waals surface area contributed by atoms with Gasteiger partial charge in [-0.25, -0.2) is 0 Å². The molecule has 0 amide bonds. The molecule has 2 rings (SSSR count). The molecule has 1 fully saturated rings. The second kappa shape index (κ2) is 6.18. The van der Waals surface area contributed by atoms with E-state index in [4.69, 9.17) is 5.73 Å². The summed E-state index contributed by atoms with van der Waals surface area (Å²) in [5.41, 5.74) is 7.23. The Kier molecular flexibility index (Phi) is 4.57. The fourth-order valence-electron chi connectivity index (χ4n) is 2.77. The Hall–Kier alpha value is -0.860. The Bertz CT molecular complexity index is 323. The lowest BCUT2D eigenvalue weighted by Gasteiger charge is -2.36. The Labute approximate surface area is 105 Å². The number of benzene rings is 1. The number of nitrogens with zero attached hydrogens (tertiary/aromatic N) is 1. The molecule has 0 unspecified atom stereocenters. The van der Waals surface area contributed by atoms with E-state index in [2.05, 4.69) is 42.2 Å². The van der Waals surface area contributed by atoms with Crippen LogP contribution in [0.25, 0.3) is 0 Å². The third kappa shape index (κ3) is 3.55. The monoisotopic (exact) mass is 232 g/mol. The van der Waals surface area contributed by atoms with Gasteiger partial charge < -0.3 is 10.6 Å². The van der Waals surface area contributed by atoms with Gasteiger partial charge in [-0.2, -0.15) is 0 Å². The van der Waals surface area contributed by atoms with Crippen LogP contribution in [0.2, 0.25) is 0 Å². The molecular weight excluding hydrogens is 208 g/mol. The van der Waals surface area contributed by atoms with Crippen molar-refractivity contribution in [2.45, 2.75) is 32.2 Å². The average molecular weight is 232 g/mol. The largest absolute Gasteiger partial charge is 0.330 e. The third-order valence-corrected chi connectivity index (χ3v) is 3.88. The van der Waals surface area contributed by atoms with E-state index in [1.807, 2.05) is 0 Å². The highest BCUT2D eigenvalue weighted by Crippen LogP contribution is 2.19. The summed E-state index contributed by atoms with van der Waals surface area (Å²) < 4.78 is 0. The average Bonchev–Trinajstić information content (AvgIpc) is 2.40. The zero-order chi connectivity index (χ0) is 12.1. The lowest BCUT2D eigenvalue weighted by molar-refractivity contribution is 0.134. The molecule has 0 spiro atoms. The van der Waals surface area contributed by atoms with Crippen LogP contribution in [-0.4, -0.2) is 30.6 Å². The molecule has 0 saturated carbocycles. The van der Waals surface area contributed by atoms with Crippen molar-refractivity contribution < 1.29 is 0 Å². The van der Waals surface area contributed by atoms with E-state index in [0.717, 1.165) is 13.0 Å². The molecule has 1 saturated heterocycles. The quantitative estimate of drug-likeness (QED) is 0.863. The molecule has 2 heteroatoms. The predicted molar refractivity (Wildman–Crippen MR) is 73.0 cm³/mol. The summed E-state index contributed by atoms with van der Waals surface area (Å²) >= 11 is 0. The SMILES string of the molecule is C[C@@H](Cc1ccccc1)N1CCC[C@H](CN)C1. The first-order valence-corrected chi connectivity index (χ1v) is 6.77. The summed E-state index contributed by atoms with van der Waals surface area (Å²) in [4.78, 5) is 2.61. The van der Waals surface area contributed by atoms with Gasteiger partial charge in [0.25, 0.3) is 0 Å². The minimum atomic E-state index is 0.631. The predicted octanol–water partition coefficient (Wildman–Crippen LogP) is 2.29. The van der Waals surface area contributed by atoms with Crippen molar-refractivity contribution >= 4 is 0 Å². The summed E-state index contributed by atoms with van der Waals surface area (Å²) in [5.74, 6) is 0.710. The Morgan fingerprint density at radius 3 is 2.82 bits per heavy atom. The zero-order valence-corrected chi connectivity index (χ0v) is 10.8. The van der Waals surface area contributed by atoms with E-state index in [0.29, 0.717) is 12.0 Å². The van der Waals surface area contributed by atoms with Gasteiger partial charge in [-0.1, -0.05) is 30.3 Å². The maximum absolute atomic E-state index is 5.79. The van der Waals surface area contributed by atoms with Crippen LogP contribution in [0.15, 0.2) is 30.3 Å². The van der Waals surface area contributed by atoms with Crippen molar-refractivity contribution in [3.63, 3.8) is 0 Å². The molecule has 2 nitrogen and oxygen atoms in total. The van der Waals surface area contributed by atoms with Crippen molar-refractivity contribution in [3.8, 4) is 0 Å². The van der Waals surface area contributed by atoms with Crippen molar-refractivity contribution in [2.24, 2.45) is 11.7 Å². The number of nitrogens with two attached hydrogens (primary N) is 1. The molecule has 1 aliphatic heterocycles. The van der Waals surface area contributed by atoms with Crippen LogP contribution in [0.5, 0.6) is 0 Å². The van der Waals surface area contributed by atoms with E-state index in [1.165, 1.54) is 31.5 Å². The van der Waals surface area contributed by atoms with Gasteiger partial charge in [0.2, 0.25) is 0 Å². The fourth-order valence-corrected chi connectivity index (χ4v) is 2.77. The molecule has 0 radical (unpaired) electrons. The summed E-state index contributed by atoms with van der Waals surface area (Å²) in [6, 6.07) is 11.4. The van der Waals surface area contributed by atoms with Gasteiger partial charge in [0, 0.05) is 12.6 Å². The van der Waals surface area contributed by atoms with Crippen molar-refractivity contribution in [3.05, 3.63) is 35.9 Å². The molecule has 1 aromatic rings. The minimum absolute atomic E-state index is 0.631. The minimum Gasteiger partial charge on any atom is -0.330 e. The van der Waals surface area contributed by atoms with Crippen molar-refractivity contribution in [2.75, 3.05) is 19.6 Å². The highest BCUT2D eigenvalue weighted by atomic mass is 15.2. The number of rotatable bonds is 4. The highest BCUT2D eigenvalue weighted by Gasteiger charge is 2.22. The Morgan fingerprint density at radius 1 is 1.35 bits per heavy atom. The molecular formula is C15H24N2. The van der Waals surface area contributed by atoms with Crippen LogP contribution in [0.4, 0.5) is 0 Å². The van der Waals surface area contributed by atoms with Gasteiger partial charge in [-0.15, -0.1) is 0 Å². The van der Waals surface area contributed by atoms with E-state index in [9.17, 15) is 0 Å². The third-order valence-electron chi connectivity index (χ3n) is 3.88. The van der Waals surface area contributed by atoms with Crippen LogP contribution in [0.3, 0.4) is 0 Å². The van der Waals surface area contributed by atoms with Gasteiger partial charge in [0.1, 0.15) is 0 Å². The molecule has 1 aliphatic rings. The molecule has 0 aromatic heterocycles. The fraction of sp³-hybridized carbons (Fsp3) is 0.600. The van der Waals surface area contributed by atoms with Crippen LogP contribution >= 0.6 is 0 Å². The van der Waals surface area contributed by atoms with E-state index < -0.39 is 0 Å². The Balaban J connectivity index is 1.89. The number of hydrogen-bond donors (Lipinski definition) is 1. The van der Waals surface area contributed by atoms with Crippen LogP contribution in [0.1, 0.15) is 25.3 Å². The summed E-state index contributed by atoms with van der Waals surface area (Å²) in [7, 11) is 0. The molecule has 1 heterocycles. The first-order valence-electron chi connectivity index (χ1n) is 6.77. The second-order valence-corrected chi connectivity index (χ2v) is 5.28. The summed E-state index contributed by atoms with van der Waals surface area (Å²) in [6.45, 7) is 5.61. The van der Waals surface area contributed by atoms with E-state index in [1.54, 1.807) is 0 Å². The number of hydrogen-bond acceptors (Lipinski definition) is 2. The normalized spacial score (nSPS) is 23.5. The Morgan fingerprint density at radius 2 is 2.12 bits per heavy atom. The lowest BCUT2D eigenvalue weighted by Crippen LogP contribution is -2.44. The first kappa shape index (κ1) is 12.6. The number of likely N-dealkylation sites (tertiary alicyclic amines) is 1. The smallest absolute Gasteiger partial charge is 0.0107 e. The van der Waals surface area contributed by atoms with Gasteiger partial charge in [-0.3, -0.25) is 0 Å². The molecule has 0 bridgehead atoms. The van der Waals surface area contributed by atoms with E-state index in [-0.39, 0.29) is 0 Å². The highest BCUT2D eigenvalue weighted by molar-refractivity contribution is 5.15. The molecule has 1 aromatic carbocycles. The van der Waals surface area contributed by atoms with E-state index >= 15 is 0 Å². The van der Waals surface area contributed by atoms with Gasteiger partial charge in [-0.05, 0) is 50.8 Å². The van der Waals surface area contributed by atoms with Gasteiger partial charge in [0.15, 0.2) is 0 Å². The zero-order valence-electron chi connectivity index (χ0n) is 10.8. The van der Waals surface area contributed by atoms with Gasteiger partial charge in [0.05, 0.1) is 0 Å². The molecule has 0 aliphatic carbocycles. The maximum Gasteiger partial charge on any atom is 0.0107 e. The second-order valence-electron chi connectivity index (χ2n) is 5.28. The van der Waals surface area contributed by atoms with Crippen molar-refractivity contribution in [1.82, 2.24) is 4.90 Å². The molecule has 17 heavy (non-hydrogen) atoms. The first-order chi connectivity index (χ1) is 8.29. The topological polar surface area (TPSA) is 29.3 Å². The lowest BCUT2D eigenvalue weighted by atomic mass is 9.95. The van der Waals surface area contributed by atoms with Crippen LogP contribution in [0, 0.1) is 5.92 Å². The van der Waals surface area contributed by atoms with Crippen LogP contribution < -0.4 is 5.73 Å². The summed E-state index contributed by atoms with van der Waals surface area (Å²) in [6.07, 6.45) is 3.77. The summed E-state index contributed by atoms with van der Waals surface area (Å²) in [5, 5.41) is 0. The number of piperidine rings is 1.